The van der Waals surface area contributed by atoms with Gasteiger partial charge < -0.3 is 14.8 Å². The first kappa shape index (κ1) is 21.1. The van der Waals surface area contributed by atoms with Crippen LogP contribution in [0.4, 0.5) is 0 Å². The molecule has 0 spiro atoms. The molecule has 0 saturated carbocycles. The summed E-state index contributed by atoms with van der Waals surface area (Å²) in [6.07, 6.45) is 2.65. The summed E-state index contributed by atoms with van der Waals surface area (Å²) in [7, 11) is 1.68. The lowest BCUT2D eigenvalue weighted by Crippen LogP contribution is -2.13. The summed E-state index contributed by atoms with van der Waals surface area (Å²) in [4.78, 5) is 0. The minimum atomic E-state index is 0. The molecule has 0 aliphatic carbocycles. The number of hydrogen-bond acceptors (Lipinski definition) is 3. The summed E-state index contributed by atoms with van der Waals surface area (Å²) in [6, 6.07) is 12.8. The van der Waals surface area contributed by atoms with Crippen molar-refractivity contribution in [2.45, 2.75) is 33.4 Å². The number of methoxy groups -OCH3 is 1. The Balaban J connectivity index is 0.00000312. The van der Waals surface area contributed by atoms with Crippen molar-refractivity contribution in [2.24, 2.45) is 0 Å². The van der Waals surface area contributed by atoms with E-state index in [0.29, 0.717) is 6.61 Å². The molecule has 2 aromatic rings. The average Bonchev–Trinajstić information content (AvgIpc) is 2.59. The van der Waals surface area contributed by atoms with Gasteiger partial charge in [0.25, 0.3) is 0 Å². The van der Waals surface area contributed by atoms with E-state index in [1.807, 2.05) is 19.1 Å². The van der Waals surface area contributed by atoms with E-state index in [-0.39, 0.29) is 12.4 Å². The highest BCUT2D eigenvalue weighted by Crippen LogP contribution is 2.33. The molecule has 136 valence electrons. The fraction of sp³-hybridized carbons (Fsp3) is 0.333. The maximum atomic E-state index is 5.76. The first-order valence-electron chi connectivity index (χ1n) is 8.37. The molecule has 0 unspecified atom stereocenters. The Morgan fingerprint density at radius 3 is 2.36 bits per heavy atom. The number of nitrogens with one attached hydrogen (secondary N) is 1. The molecule has 0 heterocycles. The molecule has 0 atom stereocenters. The topological polar surface area (TPSA) is 30.5 Å². The van der Waals surface area contributed by atoms with Crippen LogP contribution in [0, 0.1) is 6.92 Å². The molecular weight excluding hydrogens is 334 g/mol. The van der Waals surface area contributed by atoms with Crippen molar-refractivity contribution >= 4 is 12.4 Å². The zero-order valence-corrected chi connectivity index (χ0v) is 16.1. The summed E-state index contributed by atoms with van der Waals surface area (Å²) in [5.41, 5.74) is 4.85. The van der Waals surface area contributed by atoms with Crippen LogP contribution in [-0.2, 0) is 19.5 Å². The molecular formula is C21H28ClNO2. The fourth-order valence-corrected chi connectivity index (χ4v) is 2.65. The average molecular weight is 362 g/mol. The van der Waals surface area contributed by atoms with E-state index in [0.717, 1.165) is 36.6 Å². The largest absolute Gasteiger partial charge is 0.493 e. The van der Waals surface area contributed by atoms with Crippen LogP contribution in [0.25, 0.3) is 0 Å². The quantitative estimate of drug-likeness (QED) is 0.648. The van der Waals surface area contributed by atoms with Gasteiger partial charge in [0.05, 0.1) is 13.7 Å². The van der Waals surface area contributed by atoms with Gasteiger partial charge in [-0.1, -0.05) is 42.0 Å². The Hall–Kier alpha value is -1.97. The predicted octanol–water partition coefficient (Wildman–Crippen LogP) is 4.84. The van der Waals surface area contributed by atoms with Gasteiger partial charge in [0.1, 0.15) is 0 Å². The van der Waals surface area contributed by atoms with Crippen molar-refractivity contribution < 1.29 is 9.47 Å². The second kappa shape index (κ2) is 10.8. The summed E-state index contributed by atoms with van der Waals surface area (Å²) >= 11 is 0. The van der Waals surface area contributed by atoms with Crippen LogP contribution >= 0.6 is 12.4 Å². The van der Waals surface area contributed by atoms with E-state index in [9.17, 15) is 0 Å². The molecule has 3 nitrogen and oxygen atoms in total. The van der Waals surface area contributed by atoms with Crippen LogP contribution in [0.2, 0.25) is 0 Å². The van der Waals surface area contributed by atoms with Gasteiger partial charge in [0, 0.05) is 18.7 Å². The van der Waals surface area contributed by atoms with Crippen molar-refractivity contribution in [2.75, 3.05) is 13.7 Å². The SMILES string of the molecule is C=CCc1cc(CNCc2ccc(C)cc2)cc(OC)c1OCC.Cl. The van der Waals surface area contributed by atoms with Gasteiger partial charge in [-0.05, 0) is 37.5 Å². The van der Waals surface area contributed by atoms with Crippen molar-refractivity contribution in [3.63, 3.8) is 0 Å². The molecule has 1 N–H and O–H groups in total. The van der Waals surface area contributed by atoms with Gasteiger partial charge in [-0.3, -0.25) is 0 Å². The molecule has 0 aromatic heterocycles. The standard InChI is InChI=1S/C21H27NO2.ClH/c1-5-7-19-12-18(13-20(23-4)21(19)24-6-2)15-22-14-17-10-8-16(3)9-11-17;/h5,8-13,22H,1,6-7,14-15H2,2-4H3;1H. The number of allylic oxidation sites excluding steroid dienone is 1. The summed E-state index contributed by atoms with van der Waals surface area (Å²) in [6.45, 7) is 10.2. The zero-order valence-electron chi connectivity index (χ0n) is 15.3. The smallest absolute Gasteiger partial charge is 0.164 e. The van der Waals surface area contributed by atoms with Gasteiger partial charge in [-0.25, -0.2) is 0 Å². The maximum Gasteiger partial charge on any atom is 0.164 e. The maximum absolute atomic E-state index is 5.76. The third-order valence-corrected chi connectivity index (χ3v) is 3.84. The number of aryl methyl sites for hydroxylation is 1. The van der Waals surface area contributed by atoms with Crippen LogP contribution in [0.1, 0.15) is 29.2 Å². The summed E-state index contributed by atoms with van der Waals surface area (Å²) in [5, 5.41) is 3.49. The molecule has 0 bridgehead atoms. The lowest BCUT2D eigenvalue weighted by atomic mass is 10.1. The molecule has 0 fully saturated rings. The van der Waals surface area contributed by atoms with Gasteiger partial charge in [-0.2, -0.15) is 0 Å². The predicted molar refractivity (Wildman–Crippen MR) is 107 cm³/mol. The number of rotatable bonds is 9. The highest BCUT2D eigenvalue weighted by Gasteiger charge is 2.12. The normalized spacial score (nSPS) is 10.0. The van der Waals surface area contributed by atoms with Gasteiger partial charge in [-0.15, -0.1) is 19.0 Å². The minimum absolute atomic E-state index is 0. The fourth-order valence-electron chi connectivity index (χ4n) is 2.65. The van der Waals surface area contributed by atoms with E-state index in [4.69, 9.17) is 9.47 Å². The third-order valence-electron chi connectivity index (χ3n) is 3.84. The first-order valence-corrected chi connectivity index (χ1v) is 8.37. The number of benzene rings is 2. The molecule has 2 aromatic carbocycles. The van der Waals surface area contributed by atoms with Crippen LogP contribution in [-0.4, -0.2) is 13.7 Å². The Labute approximate surface area is 157 Å². The monoisotopic (exact) mass is 361 g/mol. The Kier molecular flexibility index (Phi) is 9.11. The molecule has 25 heavy (non-hydrogen) atoms. The lowest BCUT2D eigenvalue weighted by Gasteiger charge is -2.16. The number of ether oxygens (including phenoxy) is 2. The highest BCUT2D eigenvalue weighted by molar-refractivity contribution is 5.85. The minimum Gasteiger partial charge on any atom is -0.493 e. The van der Waals surface area contributed by atoms with E-state index < -0.39 is 0 Å². The van der Waals surface area contributed by atoms with E-state index in [1.54, 1.807) is 7.11 Å². The molecule has 2 rings (SSSR count). The van der Waals surface area contributed by atoms with Gasteiger partial charge >= 0.3 is 0 Å². The van der Waals surface area contributed by atoms with Crippen molar-refractivity contribution in [1.29, 1.82) is 0 Å². The van der Waals surface area contributed by atoms with Crippen molar-refractivity contribution in [3.8, 4) is 11.5 Å². The first-order chi connectivity index (χ1) is 11.7. The van der Waals surface area contributed by atoms with Crippen LogP contribution in [0.5, 0.6) is 11.5 Å². The molecule has 0 radical (unpaired) electrons. The molecule has 4 heteroatoms. The van der Waals surface area contributed by atoms with Crippen molar-refractivity contribution in [3.05, 3.63) is 71.3 Å². The van der Waals surface area contributed by atoms with Crippen LogP contribution in [0.15, 0.2) is 49.1 Å². The highest BCUT2D eigenvalue weighted by atomic mass is 35.5. The number of halogens is 1. The van der Waals surface area contributed by atoms with E-state index in [1.165, 1.54) is 16.7 Å². The number of hydrogen-bond donors (Lipinski definition) is 1. The summed E-state index contributed by atoms with van der Waals surface area (Å²) in [5.74, 6) is 1.60. The molecule has 0 aliphatic rings. The second-order valence-electron chi connectivity index (χ2n) is 5.80. The molecule has 0 saturated heterocycles. The third kappa shape index (κ3) is 6.11. The van der Waals surface area contributed by atoms with E-state index >= 15 is 0 Å². The van der Waals surface area contributed by atoms with Crippen molar-refractivity contribution in [1.82, 2.24) is 5.32 Å². The lowest BCUT2D eigenvalue weighted by molar-refractivity contribution is 0.308. The van der Waals surface area contributed by atoms with Gasteiger partial charge in [0.15, 0.2) is 11.5 Å². The zero-order chi connectivity index (χ0) is 17.4. The second-order valence-corrected chi connectivity index (χ2v) is 5.80. The van der Waals surface area contributed by atoms with Crippen LogP contribution in [0.3, 0.4) is 0 Å². The Morgan fingerprint density at radius 1 is 1.08 bits per heavy atom. The van der Waals surface area contributed by atoms with Gasteiger partial charge in [0.2, 0.25) is 0 Å². The van der Waals surface area contributed by atoms with E-state index in [2.05, 4.69) is 49.2 Å². The Bertz CT molecular complexity index is 668. The van der Waals surface area contributed by atoms with Crippen LogP contribution < -0.4 is 14.8 Å². The summed E-state index contributed by atoms with van der Waals surface area (Å²) < 4.78 is 11.3. The molecule has 0 aliphatic heterocycles. The Morgan fingerprint density at radius 2 is 1.76 bits per heavy atom. The molecule has 0 amide bonds.